The highest BCUT2D eigenvalue weighted by molar-refractivity contribution is 7.98. The lowest BCUT2D eigenvalue weighted by molar-refractivity contribution is -0.132. The fourth-order valence-corrected chi connectivity index (χ4v) is 5.06. The first-order chi connectivity index (χ1) is 23.1. The van der Waals surface area contributed by atoms with Crippen LogP contribution in [0.5, 0.6) is 5.75 Å². The van der Waals surface area contributed by atoms with Crippen LogP contribution < -0.4 is 38.5 Å². The second kappa shape index (κ2) is 21.5. The normalized spacial score (nSPS) is 13.6. The van der Waals surface area contributed by atoms with Crippen LogP contribution in [-0.2, 0) is 32.0 Å². The maximum Gasteiger partial charge on any atom is 0.243 e. The first-order valence-corrected chi connectivity index (χ1v) is 16.8. The summed E-state index contributed by atoms with van der Waals surface area (Å²) in [7, 11) is 0. The number of hydrogen-bond acceptors (Lipinski definition) is 9. The number of aryl methyl sites for hydroxylation is 1. The lowest BCUT2D eigenvalue weighted by Gasteiger charge is -2.23. The number of thioether (sulfide) groups is 1. The molecule has 4 atom stereocenters. The fourth-order valence-electron chi connectivity index (χ4n) is 4.54. The molecule has 0 saturated carbocycles. The Morgan fingerprint density at radius 2 is 1.60 bits per heavy atom. The molecule has 258 valence electrons. The summed E-state index contributed by atoms with van der Waals surface area (Å²) in [5, 5.41) is 29.9. The summed E-state index contributed by atoms with van der Waals surface area (Å²) >= 11 is 1.59. The number of carbonyl (C=O) groups is 4. The van der Waals surface area contributed by atoms with Gasteiger partial charge in [0, 0.05) is 6.54 Å². The van der Waals surface area contributed by atoms with Gasteiger partial charge in [0.2, 0.25) is 23.6 Å². The molecule has 0 spiro atoms. The van der Waals surface area contributed by atoms with E-state index in [1.54, 1.807) is 23.9 Å². The van der Waals surface area contributed by atoms with Gasteiger partial charge in [0.1, 0.15) is 19.2 Å². The molecule has 0 aliphatic rings. The number of benzene rings is 2. The van der Waals surface area contributed by atoms with Crippen molar-refractivity contribution in [1.82, 2.24) is 21.3 Å². The van der Waals surface area contributed by atoms with Gasteiger partial charge in [-0.2, -0.15) is 11.8 Å². The third-order valence-corrected chi connectivity index (χ3v) is 7.79. The molecular formula is C32H48N8O6S. The van der Waals surface area contributed by atoms with Crippen LogP contribution in [0.25, 0.3) is 0 Å². The SMILES string of the molecule is [2H]N[C@@H](Cc1ccc(O)cc1)C(=O)N[C@@H](CCCN=C(N)N)C(=O)NCC(=O)N[C@@H](CCc1ccccc1)C(=O)N[C@H](CO)CCSC. The Morgan fingerprint density at radius 3 is 2.23 bits per heavy atom. The zero-order valence-corrected chi connectivity index (χ0v) is 27.4. The highest BCUT2D eigenvalue weighted by Gasteiger charge is 2.26. The highest BCUT2D eigenvalue weighted by atomic mass is 32.2. The summed E-state index contributed by atoms with van der Waals surface area (Å²) in [6.45, 7) is -0.526. The van der Waals surface area contributed by atoms with Crippen molar-refractivity contribution >= 4 is 41.4 Å². The molecule has 14 nitrogen and oxygen atoms in total. The molecule has 47 heavy (non-hydrogen) atoms. The van der Waals surface area contributed by atoms with Crippen molar-refractivity contribution in [2.75, 3.05) is 31.7 Å². The number of rotatable bonds is 22. The van der Waals surface area contributed by atoms with Gasteiger partial charge in [0.25, 0.3) is 0 Å². The Bertz CT molecular complexity index is 1320. The quantitative estimate of drug-likeness (QED) is 0.0430. The number of guanidine groups is 1. The van der Waals surface area contributed by atoms with Gasteiger partial charge in [-0.15, -0.1) is 0 Å². The Morgan fingerprint density at radius 1 is 0.894 bits per heavy atom. The molecule has 0 aliphatic carbocycles. The maximum atomic E-state index is 13.2. The van der Waals surface area contributed by atoms with E-state index in [2.05, 4.69) is 32.0 Å². The predicted molar refractivity (Wildman–Crippen MR) is 183 cm³/mol. The van der Waals surface area contributed by atoms with Crippen molar-refractivity contribution < 1.29 is 30.8 Å². The highest BCUT2D eigenvalue weighted by Crippen LogP contribution is 2.11. The van der Waals surface area contributed by atoms with Crippen LogP contribution in [0, 0.1) is 0 Å². The molecule has 0 radical (unpaired) electrons. The lowest BCUT2D eigenvalue weighted by Crippen LogP contribution is -2.55. The Labute approximate surface area is 281 Å². The van der Waals surface area contributed by atoms with Gasteiger partial charge in [-0.1, -0.05) is 42.5 Å². The van der Waals surface area contributed by atoms with Gasteiger partial charge in [0.05, 0.1) is 25.2 Å². The molecule has 12 N–H and O–H groups in total. The van der Waals surface area contributed by atoms with Crippen LogP contribution in [0.15, 0.2) is 59.6 Å². The number of aromatic hydroxyl groups is 1. The minimum Gasteiger partial charge on any atom is -0.508 e. The number of aliphatic hydroxyl groups excluding tert-OH is 1. The van der Waals surface area contributed by atoms with Crippen LogP contribution in [-0.4, -0.2) is 95.7 Å². The van der Waals surface area contributed by atoms with Gasteiger partial charge in [-0.3, -0.25) is 24.2 Å². The summed E-state index contributed by atoms with van der Waals surface area (Å²) in [6, 6.07) is 12.1. The van der Waals surface area contributed by atoms with Gasteiger partial charge in [-0.05, 0) is 73.8 Å². The summed E-state index contributed by atoms with van der Waals surface area (Å²) in [4.78, 5) is 56.4. The Balaban J connectivity index is 2.08. The number of phenolic OH excluding ortho intramolecular Hbond substituents is 1. The number of amides is 4. The zero-order valence-electron chi connectivity index (χ0n) is 27.6. The number of aliphatic hydroxyl groups is 1. The summed E-state index contributed by atoms with van der Waals surface area (Å²) in [6.07, 6.45) is 3.82. The number of hydrogen-bond donors (Lipinski definition) is 9. The van der Waals surface area contributed by atoms with Crippen molar-refractivity contribution in [1.29, 1.82) is 0 Å². The zero-order chi connectivity index (χ0) is 35.3. The molecule has 0 saturated heterocycles. The monoisotopic (exact) mass is 673 g/mol. The molecule has 0 heterocycles. The van der Waals surface area contributed by atoms with Crippen molar-refractivity contribution in [3.63, 3.8) is 0 Å². The average molecular weight is 674 g/mol. The second-order valence-electron chi connectivity index (χ2n) is 11.0. The molecule has 0 unspecified atom stereocenters. The van der Waals surface area contributed by atoms with E-state index in [4.69, 9.17) is 12.9 Å². The third kappa shape index (κ3) is 15.7. The molecule has 0 fully saturated rings. The van der Waals surface area contributed by atoms with E-state index in [0.29, 0.717) is 24.8 Å². The van der Waals surface area contributed by atoms with Crippen molar-refractivity contribution in [3.05, 3.63) is 65.7 Å². The molecule has 2 aromatic carbocycles. The van der Waals surface area contributed by atoms with Crippen molar-refractivity contribution in [3.8, 4) is 5.75 Å². The standard InChI is InChI=1S/C32H48N8O6S/c1-47-17-15-23(20-41)38-31(46)27(14-11-21-6-3-2-4-7-21)39-28(43)19-37-30(45)26(8-5-16-36-32(34)35)40-29(44)25(33)18-22-9-12-24(42)13-10-22/h2-4,6-7,9-10,12-13,23,25-27,41-42H,5,8,11,14-20,33H2,1H3,(H,37,45)(H,38,46)(H,39,43)(H,40,44)(H4,34,35,36)/t23-,25-,26-,27-/m0/s1/i/hD. The summed E-state index contributed by atoms with van der Waals surface area (Å²) in [5.41, 5.74) is 14.6. The topological polar surface area (TPSA) is 247 Å². The smallest absolute Gasteiger partial charge is 0.243 e. The molecule has 0 bridgehead atoms. The van der Waals surface area contributed by atoms with Crippen LogP contribution >= 0.6 is 11.8 Å². The molecular weight excluding hydrogens is 624 g/mol. The molecule has 2 aromatic rings. The largest absolute Gasteiger partial charge is 0.508 e. The lowest BCUT2D eigenvalue weighted by atomic mass is 10.0. The number of nitrogens with one attached hydrogen (secondary N) is 4. The minimum absolute atomic E-state index is 0.0591. The number of phenols is 1. The second-order valence-corrected chi connectivity index (χ2v) is 12.0. The van der Waals surface area contributed by atoms with E-state index < -0.39 is 54.3 Å². The minimum atomic E-state index is -1.09. The summed E-state index contributed by atoms with van der Waals surface area (Å²) < 4.78 is 7.66. The number of aliphatic imine (C=N–C) groups is 1. The van der Waals surface area contributed by atoms with Crippen LogP contribution in [0.2, 0.25) is 1.41 Å². The first kappa shape index (κ1) is 37.1. The average Bonchev–Trinajstić information content (AvgIpc) is 3.08. The first-order valence-electron chi connectivity index (χ1n) is 15.9. The van der Waals surface area contributed by atoms with Crippen LogP contribution in [0.1, 0.15) is 36.8 Å². The van der Waals surface area contributed by atoms with Gasteiger partial charge < -0.3 is 48.7 Å². The fraction of sp³-hybridized carbons (Fsp3) is 0.469. The van der Waals surface area contributed by atoms with Crippen molar-refractivity contribution in [2.24, 2.45) is 22.2 Å². The molecule has 4 amide bonds. The van der Waals surface area contributed by atoms with Gasteiger partial charge >= 0.3 is 0 Å². The van der Waals surface area contributed by atoms with Crippen LogP contribution in [0.3, 0.4) is 0 Å². The molecule has 2 rings (SSSR count). The van der Waals surface area contributed by atoms with Crippen LogP contribution in [0.4, 0.5) is 0 Å². The number of nitrogens with two attached hydrogens (primary N) is 3. The predicted octanol–water partition coefficient (Wildman–Crippen LogP) is -0.736. The van der Waals surface area contributed by atoms with E-state index in [9.17, 15) is 29.4 Å². The number of carbonyl (C=O) groups excluding carboxylic acids is 4. The molecule has 15 heteroatoms. The van der Waals surface area contributed by atoms with E-state index in [1.807, 2.05) is 36.6 Å². The summed E-state index contributed by atoms with van der Waals surface area (Å²) in [5.74, 6) is -1.67. The van der Waals surface area contributed by atoms with Crippen molar-refractivity contribution in [2.45, 2.75) is 62.7 Å². The number of nitrogens with zero attached hydrogens (tertiary/aromatic N) is 1. The maximum absolute atomic E-state index is 13.2. The Kier molecular flexibility index (Phi) is 16.9. The molecule has 0 aromatic heterocycles. The van der Waals surface area contributed by atoms with Gasteiger partial charge in [-0.25, -0.2) is 0 Å². The molecule has 0 aliphatic heterocycles. The van der Waals surface area contributed by atoms with E-state index >= 15 is 0 Å². The van der Waals surface area contributed by atoms with E-state index in [0.717, 1.165) is 11.3 Å². The van der Waals surface area contributed by atoms with E-state index in [1.165, 1.54) is 12.1 Å². The van der Waals surface area contributed by atoms with Gasteiger partial charge in [0.15, 0.2) is 5.96 Å². The Hall–Kier alpha value is -4.34. The third-order valence-electron chi connectivity index (χ3n) is 7.15. The van der Waals surface area contributed by atoms with E-state index in [-0.39, 0.29) is 44.1 Å².